The van der Waals surface area contributed by atoms with E-state index in [1.54, 1.807) is 14.0 Å². The normalized spacial score (nSPS) is 10.3. The lowest BCUT2D eigenvalue weighted by Gasteiger charge is -2.03. The molecule has 1 heterocycles. The third kappa shape index (κ3) is 3.85. The van der Waals surface area contributed by atoms with Crippen LogP contribution in [0.5, 0.6) is 0 Å². The van der Waals surface area contributed by atoms with E-state index in [1.165, 1.54) is 9.25 Å². The Morgan fingerprint density at radius 1 is 1.26 bits per heavy atom. The quantitative estimate of drug-likeness (QED) is 0.615. The topological polar surface area (TPSA) is 95.2 Å². The fourth-order valence-electron chi connectivity index (χ4n) is 2.02. The Balaban J connectivity index is 2.03. The van der Waals surface area contributed by atoms with E-state index in [2.05, 4.69) is 15.2 Å². The van der Waals surface area contributed by atoms with Gasteiger partial charge in [-0.3, -0.25) is 9.36 Å². The zero-order valence-corrected chi connectivity index (χ0v) is 13.0. The molecule has 0 atom stereocenters. The van der Waals surface area contributed by atoms with Gasteiger partial charge in [-0.05, 0) is 6.92 Å². The van der Waals surface area contributed by atoms with Gasteiger partial charge in [-0.2, -0.15) is 0 Å². The van der Waals surface area contributed by atoms with E-state index < -0.39 is 11.9 Å². The summed E-state index contributed by atoms with van der Waals surface area (Å²) in [6, 6.07) is 9.31. The number of esters is 1. The number of aromatic nitrogens is 3. The first-order valence-corrected chi connectivity index (χ1v) is 7.18. The molecule has 0 bridgehead atoms. The minimum atomic E-state index is -0.939. The third-order valence-corrected chi connectivity index (χ3v) is 3.14. The highest BCUT2D eigenvalue weighted by atomic mass is 16.5. The fourth-order valence-corrected chi connectivity index (χ4v) is 2.02. The number of hydrogen-bond acceptors (Lipinski definition) is 5. The molecule has 0 radical (unpaired) electrons. The summed E-state index contributed by atoms with van der Waals surface area (Å²) < 4.78 is 7.25. The van der Waals surface area contributed by atoms with E-state index in [-0.39, 0.29) is 25.4 Å². The van der Waals surface area contributed by atoms with Crippen LogP contribution in [0.2, 0.25) is 0 Å². The molecule has 2 aromatic rings. The lowest BCUT2D eigenvalue weighted by atomic mass is 10.2. The summed E-state index contributed by atoms with van der Waals surface area (Å²) in [5.41, 5.74) is 0.524. The predicted molar refractivity (Wildman–Crippen MR) is 82.5 cm³/mol. The summed E-state index contributed by atoms with van der Waals surface area (Å²) >= 11 is 0. The van der Waals surface area contributed by atoms with Crippen LogP contribution in [0.25, 0.3) is 11.4 Å². The molecular formula is C15H18N4O4. The van der Waals surface area contributed by atoms with Crippen molar-refractivity contribution in [2.24, 2.45) is 7.05 Å². The van der Waals surface area contributed by atoms with Crippen molar-refractivity contribution in [1.82, 2.24) is 19.7 Å². The molecule has 1 amide bonds. The van der Waals surface area contributed by atoms with Crippen molar-refractivity contribution in [2.45, 2.75) is 13.5 Å². The number of rotatable bonds is 5. The molecule has 0 saturated heterocycles. The van der Waals surface area contributed by atoms with E-state index in [0.29, 0.717) is 5.82 Å². The fraction of sp³-hybridized carbons (Fsp3) is 0.333. The molecule has 0 fully saturated rings. The average molecular weight is 318 g/mol. The highest BCUT2D eigenvalue weighted by molar-refractivity contribution is 6.32. The summed E-state index contributed by atoms with van der Waals surface area (Å²) in [5, 5.41) is 6.65. The SMILES string of the molecule is CCOC(=O)C(=O)NCCn1nc(-c2ccccc2)n(C)c1=O. The van der Waals surface area contributed by atoms with Crippen molar-refractivity contribution in [3.05, 3.63) is 40.8 Å². The van der Waals surface area contributed by atoms with Crippen LogP contribution in [0, 0.1) is 0 Å². The molecular weight excluding hydrogens is 300 g/mol. The molecule has 1 aromatic carbocycles. The van der Waals surface area contributed by atoms with Crippen molar-refractivity contribution in [3.63, 3.8) is 0 Å². The summed E-state index contributed by atoms with van der Waals surface area (Å²) in [5.74, 6) is -1.24. The predicted octanol–water partition coefficient (Wildman–Crippen LogP) is -0.0719. The lowest BCUT2D eigenvalue weighted by molar-refractivity contribution is -0.154. The first-order valence-electron chi connectivity index (χ1n) is 7.18. The van der Waals surface area contributed by atoms with Gasteiger partial charge in [0.2, 0.25) is 0 Å². The Morgan fingerprint density at radius 3 is 2.61 bits per heavy atom. The van der Waals surface area contributed by atoms with Crippen LogP contribution in [-0.4, -0.2) is 39.4 Å². The zero-order chi connectivity index (χ0) is 16.8. The monoisotopic (exact) mass is 318 g/mol. The first-order chi connectivity index (χ1) is 11.0. The highest BCUT2D eigenvalue weighted by Gasteiger charge is 2.15. The van der Waals surface area contributed by atoms with Gasteiger partial charge in [0.05, 0.1) is 13.2 Å². The molecule has 8 heteroatoms. The van der Waals surface area contributed by atoms with Crippen molar-refractivity contribution >= 4 is 11.9 Å². The molecule has 0 aliphatic rings. The van der Waals surface area contributed by atoms with Gasteiger partial charge < -0.3 is 10.1 Å². The largest absolute Gasteiger partial charge is 0.459 e. The number of amides is 1. The van der Waals surface area contributed by atoms with Crippen LogP contribution >= 0.6 is 0 Å². The van der Waals surface area contributed by atoms with E-state index in [9.17, 15) is 14.4 Å². The molecule has 0 unspecified atom stereocenters. The zero-order valence-electron chi connectivity index (χ0n) is 13.0. The van der Waals surface area contributed by atoms with Gasteiger partial charge in [0.25, 0.3) is 0 Å². The molecule has 0 saturated carbocycles. The number of nitrogens with zero attached hydrogens (tertiary/aromatic N) is 3. The summed E-state index contributed by atoms with van der Waals surface area (Å²) in [6.07, 6.45) is 0. The maximum atomic E-state index is 12.1. The molecule has 8 nitrogen and oxygen atoms in total. The number of carbonyl (C=O) groups excluding carboxylic acids is 2. The van der Waals surface area contributed by atoms with E-state index in [1.807, 2.05) is 30.3 Å². The minimum absolute atomic E-state index is 0.1000. The Kier molecular flexibility index (Phi) is 5.29. The molecule has 0 aliphatic heterocycles. The van der Waals surface area contributed by atoms with Gasteiger partial charge in [0, 0.05) is 19.2 Å². The van der Waals surface area contributed by atoms with Crippen LogP contribution < -0.4 is 11.0 Å². The Hall–Kier alpha value is -2.90. The smallest absolute Gasteiger partial charge is 0.396 e. The summed E-state index contributed by atoms with van der Waals surface area (Å²) in [4.78, 5) is 34.7. The van der Waals surface area contributed by atoms with Gasteiger partial charge in [-0.1, -0.05) is 30.3 Å². The third-order valence-electron chi connectivity index (χ3n) is 3.14. The number of benzene rings is 1. The number of hydrogen-bond donors (Lipinski definition) is 1. The van der Waals surface area contributed by atoms with Gasteiger partial charge >= 0.3 is 17.6 Å². The second kappa shape index (κ2) is 7.39. The number of ether oxygens (including phenoxy) is 1. The molecule has 23 heavy (non-hydrogen) atoms. The highest BCUT2D eigenvalue weighted by Crippen LogP contribution is 2.13. The van der Waals surface area contributed by atoms with E-state index in [4.69, 9.17) is 0 Å². The van der Waals surface area contributed by atoms with Crippen molar-refractivity contribution in [2.75, 3.05) is 13.2 Å². The van der Waals surface area contributed by atoms with Crippen molar-refractivity contribution in [1.29, 1.82) is 0 Å². The molecule has 1 N–H and O–H groups in total. The maximum Gasteiger partial charge on any atom is 0.396 e. The van der Waals surface area contributed by atoms with E-state index >= 15 is 0 Å². The van der Waals surface area contributed by atoms with Gasteiger partial charge in [-0.25, -0.2) is 14.3 Å². The van der Waals surface area contributed by atoms with Crippen LogP contribution in [-0.2, 0) is 27.9 Å². The average Bonchev–Trinajstić information content (AvgIpc) is 2.84. The summed E-state index contributed by atoms with van der Waals surface area (Å²) in [6.45, 7) is 2.00. The first kappa shape index (κ1) is 16.5. The van der Waals surface area contributed by atoms with Gasteiger partial charge in [0.15, 0.2) is 5.82 Å². The minimum Gasteiger partial charge on any atom is -0.459 e. The van der Waals surface area contributed by atoms with Crippen LogP contribution in [0.3, 0.4) is 0 Å². The summed E-state index contributed by atoms with van der Waals surface area (Å²) in [7, 11) is 1.63. The van der Waals surface area contributed by atoms with Crippen molar-refractivity contribution < 1.29 is 14.3 Å². The van der Waals surface area contributed by atoms with Gasteiger partial charge in [0.1, 0.15) is 0 Å². The van der Waals surface area contributed by atoms with Crippen molar-refractivity contribution in [3.8, 4) is 11.4 Å². The maximum absolute atomic E-state index is 12.1. The van der Waals surface area contributed by atoms with Gasteiger partial charge in [-0.15, -0.1) is 5.10 Å². The Morgan fingerprint density at radius 2 is 1.96 bits per heavy atom. The molecule has 2 rings (SSSR count). The molecule has 0 spiro atoms. The Labute approximate surface area is 132 Å². The van der Waals surface area contributed by atoms with E-state index in [0.717, 1.165) is 5.56 Å². The van der Waals surface area contributed by atoms with Crippen LogP contribution in [0.1, 0.15) is 6.92 Å². The molecule has 0 aliphatic carbocycles. The second-order valence-corrected chi connectivity index (χ2v) is 4.73. The Bertz CT molecular complexity index is 749. The molecule has 1 aromatic heterocycles. The number of carbonyl (C=O) groups is 2. The number of nitrogens with one attached hydrogen (secondary N) is 1. The standard InChI is InChI=1S/C15H18N4O4/c1-3-23-14(21)13(20)16-9-10-19-15(22)18(2)12(17-19)11-7-5-4-6-8-11/h4-8H,3,9-10H2,1-2H3,(H,16,20). The van der Waals surface area contributed by atoms with Crippen LogP contribution in [0.4, 0.5) is 0 Å². The second-order valence-electron chi connectivity index (χ2n) is 4.73. The lowest BCUT2D eigenvalue weighted by Crippen LogP contribution is -2.36. The molecule has 122 valence electrons. The van der Waals surface area contributed by atoms with Crippen LogP contribution in [0.15, 0.2) is 35.1 Å².